The van der Waals surface area contributed by atoms with Crippen molar-refractivity contribution in [2.24, 2.45) is 0 Å². The van der Waals surface area contributed by atoms with Crippen LogP contribution in [0.5, 0.6) is 17.2 Å². The fourth-order valence-electron chi connectivity index (χ4n) is 4.17. The van der Waals surface area contributed by atoms with Gasteiger partial charge in [0.15, 0.2) is 5.79 Å². The number of ether oxygens (including phenoxy) is 4. The average Bonchev–Trinajstić information content (AvgIpc) is 3.13. The average molecular weight is 427 g/mol. The van der Waals surface area contributed by atoms with Gasteiger partial charge in [0.1, 0.15) is 23.4 Å². The standard InChI is InChI=1S/C25H30O6/c1-5-6-9-15-12-13-18-20(22(27)17-11-8-7-10-16(17)21(18)26)23(15)30-24(28-4)19-14-29-25(2,3)31-19/h7-8,10-13,19,24,26-27H,5-6,9,14H2,1-4H3. The SMILES string of the molecule is CCCCc1ccc2c(O)c3ccccc3c(O)c2c1OC(OC)C1COC(C)(C)O1. The molecule has 1 aliphatic heterocycles. The number of unbranched alkanes of at least 4 members (excludes halogenated alkanes) is 1. The lowest BCUT2D eigenvalue weighted by molar-refractivity contribution is -0.183. The van der Waals surface area contributed by atoms with Crippen LogP contribution in [0.25, 0.3) is 21.5 Å². The number of methoxy groups -OCH3 is 1. The van der Waals surface area contributed by atoms with Crippen molar-refractivity contribution in [1.29, 1.82) is 0 Å². The lowest BCUT2D eigenvalue weighted by atomic mass is 9.96. The minimum Gasteiger partial charge on any atom is -0.507 e. The Hall–Kier alpha value is -2.54. The van der Waals surface area contributed by atoms with Crippen LogP contribution in [0, 0.1) is 0 Å². The minimum atomic E-state index is -0.735. The Kier molecular flexibility index (Phi) is 5.97. The fraction of sp³-hybridized carbons (Fsp3) is 0.440. The molecule has 0 spiro atoms. The number of hydrogen-bond acceptors (Lipinski definition) is 6. The highest BCUT2D eigenvalue weighted by atomic mass is 16.8. The molecule has 31 heavy (non-hydrogen) atoms. The van der Waals surface area contributed by atoms with Crippen LogP contribution in [0.4, 0.5) is 0 Å². The highest BCUT2D eigenvalue weighted by Gasteiger charge is 2.39. The molecule has 0 radical (unpaired) electrons. The first-order chi connectivity index (χ1) is 14.9. The zero-order chi connectivity index (χ0) is 22.2. The first kappa shape index (κ1) is 21.7. The number of phenolic OH excluding ortho intramolecular Hbond substituents is 2. The smallest absolute Gasteiger partial charge is 0.228 e. The molecule has 6 nitrogen and oxygen atoms in total. The van der Waals surface area contributed by atoms with Crippen LogP contribution in [0.1, 0.15) is 39.2 Å². The molecule has 0 amide bonds. The molecular formula is C25H30O6. The van der Waals surface area contributed by atoms with Gasteiger partial charge in [0.05, 0.1) is 12.0 Å². The largest absolute Gasteiger partial charge is 0.507 e. The molecule has 1 heterocycles. The first-order valence-corrected chi connectivity index (χ1v) is 10.8. The van der Waals surface area contributed by atoms with Crippen molar-refractivity contribution in [2.75, 3.05) is 13.7 Å². The lowest BCUT2D eigenvalue weighted by Gasteiger charge is -2.26. The Morgan fingerprint density at radius 3 is 2.39 bits per heavy atom. The van der Waals surface area contributed by atoms with Gasteiger partial charge in [-0.3, -0.25) is 0 Å². The monoisotopic (exact) mass is 426 g/mol. The van der Waals surface area contributed by atoms with Crippen LogP contribution in [-0.4, -0.2) is 42.1 Å². The van der Waals surface area contributed by atoms with Crippen molar-refractivity contribution in [3.8, 4) is 17.2 Å². The van der Waals surface area contributed by atoms with E-state index in [1.165, 1.54) is 0 Å². The summed E-state index contributed by atoms with van der Waals surface area (Å²) in [5.41, 5.74) is 0.944. The van der Waals surface area contributed by atoms with Crippen molar-refractivity contribution in [3.05, 3.63) is 42.0 Å². The second-order valence-electron chi connectivity index (χ2n) is 8.41. The van der Waals surface area contributed by atoms with E-state index in [1.807, 2.05) is 38.1 Å². The molecule has 6 heteroatoms. The molecule has 2 atom stereocenters. The summed E-state index contributed by atoms with van der Waals surface area (Å²) in [4.78, 5) is 0. The normalized spacial score (nSPS) is 19.2. The molecule has 4 rings (SSSR count). The van der Waals surface area contributed by atoms with Gasteiger partial charge in [0.25, 0.3) is 0 Å². The zero-order valence-corrected chi connectivity index (χ0v) is 18.5. The van der Waals surface area contributed by atoms with Crippen molar-refractivity contribution >= 4 is 21.5 Å². The number of aromatic hydroxyl groups is 2. The van der Waals surface area contributed by atoms with Crippen molar-refractivity contribution in [3.63, 3.8) is 0 Å². The van der Waals surface area contributed by atoms with Gasteiger partial charge in [0, 0.05) is 23.3 Å². The van der Waals surface area contributed by atoms with Gasteiger partial charge >= 0.3 is 0 Å². The van der Waals surface area contributed by atoms with Crippen LogP contribution in [0.15, 0.2) is 36.4 Å². The number of phenols is 2. The molecule has 0 saturated carbocycles. The molecule has 1 saturated heterocycles. The summed E-state index contributed by atoms with van der Waals surface area (Å²) < 4.78 is 23.6. The van der Waals surface area contributed by atoms with Gasteiger partial charge < -0.3 is 29.2 Å². The summed E-state index contributed by atoms with van der Waals surface area (Å²) in [6.45, 7) is 6.16. The Morgan fingerprint density at radius 2 is 1.77 bits per heavy atom. The van der Waals surface area contributed by atoms with Crippen molar-refractivity contribution in [2.45, 2.75) is 58.2 Å². The van der Waals surface area contributed by atoms with Gasteiger partial charge in [-0.05, 0) is 38.3 Å². The van der Waals surface area contributed by atoms with Gasteiger partial charge in [0.2, 0.25) is 6.29 Å². The molecule has 0 aromatic heterocycles. The fourth-order valence-corrected chi connectivity index (χ4v) is 4.17. The Morgan fingerprint density at radius 1 is 1.06 bits per heavy atom. The van der Waals surface area contributed by atoms with E-state index in [2.05, 4.69) is 6.92 Å². The quantitative estimate of drug-likeness (QED) is 0.305. The summed E-state index contributed by atoms with van der Waals surface area (Å²) in [6.07, 6.45) is 1.61. The van der Waals surface area contributed by atoms with E-state index >= 15 is 0 Å². The zero-order valence-electron chi connectivity index (χ0n) is 18.5. The number of fused-ring (bicyclic) bond motifs is 2. The summed E-state index contributed by atoms with van der Waals surface area (Å²) >= 11 is 0. The predicted molar refractivity (Wildman–Crippen MR) is 120 cm³/mol. The van der Waals surface area contributed by atoms with Crippen LogP contribution in [-0.2, 0) is 20.6 Å². The molecule has 1 aliphatic rings. The van der Waals surface area contributed by atoms with Crippen molar-refractivity contribution in [1.82, 2.24) is 0 Å². The van der Waals surface area contributed by atoms with Gasteiger partial charge in [-0.2, -0.15) is 0 Å². The second kappa shape index (κ2) is 8.54. The highest BCUT2D eigenvalue weighted by Crippen LogP contribution is 2.47. The second-order valence-corrected chi connectivity index (χ2v) is 8.41. The van der Waals surface area contributed by atoms with E-state index < -0.39 is 18.2 Å². The number of hydrogen-bond donors (Lipinski definition) is 2. The van der Waals surface area contributed by atoms with E-state index in [1.54, 1.807) is 19.2 Å². The van der Waals surface area contributed by atoms with E-state index in [0.29, 0.717) is 33.9 Å². The van der Waals surface area contributed by atoms with Crippen LogP contribution < -0.4 is 4.74 Å². The molecule has 3 aromatic carbocycles. The Bertz CT molecular complexity index is 1090. The van der Waals surface area contributed by atoms with Crippen molar-refractivity contribution < 1.29 is 29.2 Å². The topological polar surface area (TPSA) is 77.4 Å². The molecule has 0 aliphatic carbocycles. The van der Waals surface area contributed by atoms with E-state index in [-0.39, 0.29) is 11.5 Å². The highest BCUT2D eigenvalue weighted by molar-refractivity contribution is 6.12. The summed E-state index contributed by atoms with van der Waals surface area (Å²) in [7, 11) is 1.56. The number of rotatable bonds is 7. The molecule has 3 aromatic rings. The van der Waals surface area contributed by atoms with E-state index in [4.69, 9.17) is 18.9 Å². The van der Waals surface area contributed by atoms with Gasteiger partial charge in [-0.15, -0.1) is 0 Å². The van der Waals surface area contributed by atoms with Crippen LogP contribution in [0.3, 0.4) is 0 Å². The predicted octanol–water partition coefficient (Wildman–Crippen LogP) is 5.25. The Balaban J connectivity index is 1.88. The summed E-state index contributed by atoms with van der Waals surface area (Å²) in [6, 6.07) is 11.0. The van der Waals surface area contributed by atoms with Crippen LogP contribution >= 0.6 is 0 Å². The van der Waals surface area contributed by atoms with E-state index in [0.717, 1.165) is 24.8 Å². The molecular weight excluding hydrogens is 396 g/mol. The Labute approximate surface area is 182 Å². The maximum atomic E-state index is 11.2. The maximum Gasteiger partial charge on any atom is 0.228 e. The molecule has 1 fully saturated rings. The first-order valence-electron chi connectivity index (χ1n) is 10.8. The van der Waals surface area contributed by atoms with Gasteiger partial charge in [-0.1, -0.05) is 43.7 Å². The molecule has 2 N–H and O–H groups in total. The third-order valence-corrected chi connectivity index (χ3v) is 5.77. The third kappa shape index (κ3) is 4.03. The van der Waals surface area contributed by atoms with Gasteiger partial charge in [-0.25, -0.2) is 0 Å². The molecule has 0 bridgehead atoms. The molecule has 2 unspecified atom stereocenters. The summed E-state index contributed by atoms with van der Waals surface area (Å²) in [5.74, 6) is -0.0170. The van der Waals surface area contributed by atoms with E-state index in [9.17, 15) is 10.2 Å². The lowest BCUT2D eigenvalue weighted by Crippen LogP contribution is -2.37. The molecule has 166 valence electrons. The summed E-state index contributed by atoms with van der Waals surface area (Å²) in [5, 5.41) is 24.3. The number of benzene rings is 3. The number of aryl methyl sites for hydroxylation is 1. The van der Waals surface area contributed by atoms with Crippen LogP contribution in [0.2, 0.25) is 0 Å². The third-order valence-electron chi connectivity index (χ3n) is 5.77. The maximum absolute atomic E-state index is 11.2. The minimum absolute atomic E-state index is 0.0792.